The number of rotatable bonds is 7. The predicted molar refractivity (Wildman–Crippen MR) is 152 cm³/mol. The number of benzene rings is 4. The summed E-state index contributed by atoms with van der Waals surface area (Å²) >= 11 is 9.58. The molecule has 1 aromatic heterocycles. The summed E-state index contributed by atoms with van der Waals surface area (Å²) in [7, 11) is 0. The van der Waals surface area contributed by atoms with Crippen molar-refractivity contribution in [2.75, 3.05) is 0 Å². The average molecular weight is 571 g/mol. The van der Waals surface area contributed by atoms with Crippen LogP contribution in [0.2, 0.25) is 5.02 Å². The van der Waals surface area contributed by atoms with Gasteiger partial charge in [-0.15, -0.1) is 0 Å². The molecule has 0 unspecified atom stereocenters. The van der Waals surface area contributed by atoms with E-state index in [-0.39, 0.29) is 5.91 Å². The number of hydrazone groups is 1. The second-order valence-electron chi connectivity index (χ2n) is 8.25. The van der Waals surface area contributed by atoms with Crippen molar-refractivity contribution in [3.63, 3.8) is 0 Å². The summed E-state index contributed by atoms with van der Waals surface area (Å²) in [5, 5.41) is 5.61. The van der Waals surface area contributed by atoms with E-state index in [2.05, 4.69) is 26.5 Å². The number of carbonyl (C=O) groups excluding carboxylic acids is 1. The van der Waals surface area contributed by atoms with Gasteiger partial charge in [-0.25, -0.2) is 10.4 Å². The van der Waals surface area contributed by atoms with E-state index in [0.29, 0.717) is 22.9 Å². The predicted octanol–water partition coefficient (Wildman–Crippen LogP) is 7.66. The molecule has 0 aliphatic carbocycles. The Morgan fingerprint density at radius 3 is 2.57 bits per heavy atom. The summed E-state index contributed by atoms with van der Waals surface area (Å²) in [5.41, 5.74) is 7.34. The second-order valence-corrected chi connectivity index (χ2v) is 9.54. The van der Waals surface area contributed by atoms with Crippen molar-refractivity contribution in [3.8, 4) is 17.0 Å². The van der Waals surface area contributed by atoms with Crippen LogP contribution in [-0.4, -0.2) is 17.1 Å². The summed E-state index contributed by atoms with van der Waals surface area (Å²) in [4.78, 5) is 17.8. The molecule has 0 atom stereocenters. The summed E-state index contributed by atoms with van der Waals surface area (Å²) in [6, 6.07) is 32.3. The number of aromatic nitrogens is 1. The Morgan fingerprint density at radius 1 is 0.946 bits per heavy atom. The van der Waals surface area contributed by atoms with Crippen LogP contribution < -0.4 is 10.2 Å². The first-order chi connectivity index (χ1) is 18.1. The molecule has 5 nitrogen and oxygen atoms in total. The number of nitrogens with zero attached hydrogens (tertiary/aromatic N) is 2. The highest BCUT2D eigenvalue weighted by molar-refractivity contribution is 9.10. The molecule has 37 heavy (non-hydrogen) atoms. The highest BCUT2D eigenvalue weighted by atomic mass is 79.9. The van der Waals surface area contributed by atoms with Gasteiger partial charge in [0, 0.05) is 16.0 Å². The molecule has 182 valence electrons. The van der Waals surface area contributed by atoms with Gasteiger partial charge in [0.05, 0.1) is 27.5 Å². The lowest BCUT2D eigenvalue weighted by Crippen LogP contribution is -2.18. The van der Waals surface area contributed by atoms with Crippen molar-refractivity contribution < 1.29 is 9.53 Å². The highest BCUT2D eigenvalue weighted by Crippen LogP contribution is 2.27. The van der Waals surface area contributed by atoms with Gasteiger partial charge in [-0.2, -0.15) is 5.10 Å². The molecule has 0 aliphatic heterocycles. The van der Waals surface area contributed by atoms with Gasteiger partial charge in [-0.3, -0.25) is 4.79 Å². The first-order valence-corrected chi connectivity index (χ1v) is 12.7. The average Bonchev–Trinajstić information content (AvgIpc) is 2.92. The van der Waals surface area contributed by atoms with Crippen LogP contribution in [0.25, 0.3) is 22.2 Å². The largest absolute Gasteiger partial charge is 0.488 e. The van der Waals surface area contributed by atoms with E-state index in [1.54, 1.807) is 12.3 Å². The Balaban J connectivity index is 1.30. The first kappa shape index (κ1) is 24.7. The normalized spacial score (nSPS) is 11.1. The van der Waals surface area contributed by atoms with Gasteiger partial charge < -0.3 is 4.74 Å². The topological polar surface area (TPSA) is 63.6 Å². The fraction of sp³-hybridized carbons (Fsp3) is 0.0333. The number of pyridine rings is 1. The quantitative estimate of drug-likeness (QED) is 0.161. The molecule has 0 radical (unpaired) electrons. The minimum Gasteiger partial charge on any atom is -0.488 e. The Kier molecular flexibility index (Phi) is 7.59. The molecule has 5 rings (SSSR count). The van der Waals surface area contributed by atoms with Gasteiger partial charge in [0.25, 0.3) is 5.91 Å². The van der Waals surface area contributed by atoms with E-state index in [1.165, 1.54) is 0 Å². The lowest BCUT2D eigenvalue weighted by Gasteiger charge is -2.10. The van der Waals surface area contributed by atoms with Gasteiger partial charge in [0.1, 0.15) is 12.4 Å². The van der Waals surface area contributed by atoms with Crippen LogP contribution in [-0.2, 0) is 6.61 Å². The molecule has 0 spiro atoms. The third-order valence-corrected chi connectivity index (χ3v) is 6.50. The summed E-state index contributed by atoms with van der Waals surface area (Å²) in [5.74, 6) is 0.380. The molecule has 0 saturated carbocycles. The van der Waals surface area contributed by atoms with Gasteiger partial charge in [0.15, 0.2) is 0 Å². The Labute approximate surface area is 227 Å². The minimum absolute atomic E-state index is 0.312. The van der Waals surface area contributed by atoms with E-state index < -0.39 is 0 Å². The number of fused-ring (bicyclic) bond motifs is 1. The van der Waals surface area contributed by atoms with E-state index in [1.807, 2.05) is 97.1 Å². The Morgan fingerprint density at radius 2 is 1.76 bits per heavy atom. The smallest absolute Gasteiger partial charge is 0.272 e. The van der Waals surface area contributed by atoms with Crippen LogP contribution in [0.15, 0.2) is 113 Å². The molecular weight excluding hydrogens is 550 g/mol. The second kappa shape index (κ2) is 11.4. The van der Waals surface area contributed by atoms with Crippen LogP contribution in [0.5, 0.6) is 5.75 Å². The van der Waals surface area contributed by atoms with Crippen molar-refractivity contribution in [3.05, 3.63) is 129 Å². The fourth-order valence-electron chi connectivity index (χ4n) is 3.85. The fourth-order valence-corrected chi connectivity index (χ4v) is 4.57. The molecular formula is C30H21BrClN3O2. The maximum absolute atomic E-state index is 13.1. The van der Waals surface area contributed by atoms with Crippen molar-refractivity contribution in [2.45, 2.75) is 6.61 Å². The molecule has 0 aliphatic rings. The molecule has 0 saturated heterocycles. The van der Waals surface area contributed by atoms with Gasteiger partial charge in [0.2, 0.25) is 0 Å². The molecule has 1 heterocycles. The molecule has 7 heteroatoms. The van der Waals surface area contributed by atoms with Crippen LogP contribution in [0.1, 0.15) is 21.5 Å². The summed E-state index contributed by atoms with van der Waals surface area (Å²) < 4.78 is 6.67. The zero-order valence-electron chi connectivity index (χ0n) is 19.6. The van der Waals surface area contributed by atoms with E-state index >= 15 is 0 Å². The van der Waals surface area contributed by atoms with E-state index in [9.17, 15) is 4.79 Å². The van der Waals surface area contributed by atoms with E-state index in [0.717, 1.165) is 37.8 Å². The van der Waals surface area contributed by atoms with Gasteiger partial charge >= 0.3 is 0 Å². The number of halogens is 2. The standard InChI is InChI=1S/C30H21BrClN3O2/c31-26-16-20(13-14-29(26)37-19-21-7-6-10-23(32)15-21)18-33-35-30(36)25-17-28(22-8-2-1-3-9-22)34-27-12-5-4-11-24(25)27/h1-18H,19H2,(H,35,36)/b33-18-. The number of nitrogens with one attached hydrogen (secondary N) is 1. The van der Waals surface area contributed by atoms with E-state index in [4.69, 9.17) is 21.3 Å². The molecule has 0 fully saturated rings. The molecule has 5 aromatic rings. The van der Waals surface area contributed by atoms with Gasteiger partial charge in [-0.1, -0.05) is 72.3 Å². The Bertz CT molecular complexity index is 1610. The molecule has 1 amide bonds. The third-order valence-electron chi connectivity index (χ3n) is 5.65. The highest BCUT2D eigenvalue weighted by Gasteiger charge is 2.13. The van der Waals surface area contributed by atoms with Gasteiger partial charge in [-0.05, 0) is 69.5 Å². The zero-order valence-corrected chi connectivity index (χ0v) is 21.9. The van der Waals surface area contributed by atoms with Crippen molar-refractivity contribution in [1.82, 2.24) is 10.4 Å². The zero-order chi connectivity index (χ0) is 25.6. The number of para-hydroxylation sites is 1. The summed E-state index contributed by atoms with van der Waals surface area (Å²) in [6.07, 6.45) is 1.59. The van der Waals surface area contributed by atoms with Crippen molar-refractivity contribution in [2.24, 2.45) is 5.10 Å². The van der Waals surface area contributed by atoms with Crippen LogP contribution in [0.4, 0.5) is 0 Å². The summed E-state index contributed by atoms with van der Waals surface area (Å²) in [6.45, 7) is 0.396. The third kappa shape index (κ3) is 6.05. The SMILES string of the molecule is O=C(N/N=C\c1ccc(OCc2cccc(Cl)c2)c(Br)c1)c1cc(-c2ccccc2)nc2ccccc12. The number of ether oxygens (including phenoxy) is 1. The van der Waals surface area contributed by atoms with Crippen molar-refractivity contribution >= 4 is 50.6 Å². The lowest BCUT2D eigenvalue weighted by atomic mass is 10.0. The number of hydrogen-bond donors (Lipinski definition) is 1. The molecule has 1 N–H and O–H groups in total. The number of hydrogen-bond acceptors (Lipinski definition) is 4. The maximum Gasteiger partial charge on any atom is 0.272 e. The minimum atomic E-state index is -0.312. The first-order valence-electron chi connectivity index (χ1n) is 11.5. The Hall–Kier alpha value is -4.00. The molecule has 0 bridgehead atoms. The van der Waals surface area contributed by atoms with Crippen LogP contribution in [0.3, 0.4) is 0 Å². The maximum atomic E-state index is 13.1. The molecule has 4 aromatic carbocycles. The lowest BCUT2D eigenvalue weighted by molar-refractivity contribution is 0.0956. The number of amides is 1. The number of carbonyl (C=O) groups is 1. The monoisotopic (exact) mass is 569 g/mol. The van der Waals surface area contributed by atoms with Crippen LogP contribution >= 0.6 is 27.5 Å². The van der Waals surface area contributed by atoms with Crippen LogP contribution in [0, 0.1) is 0 Å². The van der Waals surface area contributed by atoms with Crippen molar-refractivity contribution in [1.29, 1.82) is 0 Å².